The number of amides is 1. The van der Waals surface area contributed by atoms with Gasteiger partial charge in [-0.25, -0.2) is 0 Å². The molecule has 5 nitrogen and oxygen atoms in total. The summed E-state index contributed by atoms with van der Waals surface area (Å²) in [6.45, 7) is 0.588. The molecule has 8 heteroatoms. The first-order valence-corrected chi connectivity index (χ1v) is 12.2. The van der Waals surface area contributed by atoms with Gasteiger partial charge < -0.3 is 14.8 Å². The summed E-state index contributed by atoms with van der Waals surface area (Å²) in [6.07, 6.45) is -1.24. The van der Waals surface area contributed by atoms with Crippen molar-refractivity contribution < 1.29 is 27.4 Å². The van der Waals surface area contributed by atoms with Crippen molar-refractivity contribution in [3.63, 3.8) is 0 Å². The summed E-state index contributed by atoms with van der Waals surface area (Å²) in [5.74, 6) is -0.269. The van der Waals surface area contributed by atoms with Crippen LogP contribution >= 0.6 is 0 Å². The largest absolute Gasteiger partial charge is 0.497 e. The van der Waals surface area contributed by atoms with E-state index in [4.69, 9.17) is 9.47 Å². The Balaban J connectivity index is 1.67. The zero-order valence-electron chi connectivity index (χ0n) is 20.8. The molecule has 1 saturated carbocycles. The lowest BCUT2D eigenvalue weighted by molar-refractivity contribution is -0.134. The van der Waals surface area contributed by atoms with Crippen molar-refractivity contribution >= 4 is 12.0 Å². The van der Waals surface area contributed by atoms with Crippen molar-refractivity contribution in [2.75, 3.05) is 27.8 Å². The van der Waals surface area contributed by atoms with Gasteiger partial charge in [0.15, 0.2) is 0 Å². The lowest BCUT2D eigenvalue weighted by Gasteiger charge is -2.55. The van der Waals surface area contributed by atoms with Crippen molar-refractivity contribution in [1.29, 1.82) is 0 Å². The Hall–Kier alpha value is -2.84. The molecule has 1 aliphatic carbocycles. The molecule has 4 rings (SSSR count). The summed E-state index contributed by atoms with van der Waals surface area (Å²) in [5.41, 5.74) is -0.186. The summed E-state index contributed by atoms with van der Waals surface area (Å²) in [4.78, 5) is 15.0. The Morgan fingerprint density at radius 3 is 2.56 bits per heavy atom. The normalized spacial score (nSPS) is 27.3. The van der Waals surface area contributed by atoms with Gasteiger partial charge in [-0.1, -0.05) is 42.5 Å². The van der Waals surface area contributed by atoms with E-state index in [2.05, 4.69) is 5.32 Å². The molecule has 1 N–H and O–H groups in total. The molecule has 0 aromatic heterocycles. The number of nitrogens with one attached hydrogen (secondary N) is 1. The van der Waals surface area contributed by atoms with Crippen LogP contribution in [0.1, 0.15) is 36.8 Å². The summed E-state index contributed by atoms with van der Waals surface area (Å²) in [6, 6.07) is 16.0. The molecule has 0 bridgehead atoms. The number of carbonyl (C=O) groups is 1. The topological polar surface area (TPSA) is 50.8 Å². The number of ether oxygens (including phenoxy) is 2. The van der Waals surface area contributed by atoms with Gasteiger partial charge in [-0.05, 0) is 62.1 Å². The van der Waals surface area contributed by atoms with E-state index in [9.17, 15) is 18.0 Å². The molecule has 1 saturated heterocycles. The second-order valence-corrected chi connectivity index (χ2v) is 9.76. The maximum atomic E-state index is 13.9. The van der Waals surface area contributed by atoms with Gasteiger partial charge in [0.05, 0.1) is 19.4 Å². The van der Waals surface area contributed by atoms with Gasteiger partial charge in [-0.15, -0.1) is 0 Å². The highest BCUT2D eigenvalue weighted by molar-refractivity contribution is 5.99. The maximum Gasteiger partial charge on any atom is 0.421 e. The van der Waals surface area contributed by atoms with Gasteiger partial charge in [0.2, 0.25) is 0 Å². The van der Waals surface area contributed by atoms with Crippen LogP contribution in [0.15, 0.2) is 60.2 Å². The van der Waals surface area contributed by atoms with Gasteiger partial charge in [0.1, 0.15) is 11.3 Å². The number of methoxy groups -OCH3 is 2. The number of fused-ring (bicyclic) bond motifs is 1. The summed E-state index contributed by atoms with van der Waals surface area (Å²) < 4.78 is 53.1. The lowest BCUT2D eigenvalue weighted by atomic mass is 9.57. The van der Waals surface area contributed by atoms with E-state index in [1.807, 2.05) is 36.2 Å². The van der Waals surface area contributed by atoms with Crippen LogP contribution in [0.4, 0.5) is 13.2 Å². The Morgan fingerprint density at radius 2 is 1.89 bits per heavy atom. The van der Waals surface area contributed by atoms with Gasteiger partial charge >= 0.3 is 6.18 Å². The number of carbonyl (C=O) groups excluding carboxylic acids is 1. The molecule has 2 aliphatic rings. The van der Waals surface area contributed by atoms with E-state index in [-0.39, 0.29) is 17.4 Å². The monoisotopic (exact) mass is 502 g/mol. The van der Waals surface area contributed by atoms with E-state index in [0.29, 0.717) is 18.5 Å². The van der Waals surface area contributed by atoms with Gasteiger partial charge in [-0.2, -0.15) is 13.2 Å². The molecule has 1 amide bonds. The molecule has 194 valence electrons. The van der Waals surface area contributed by atoms with E-state index in [0.717, 1.165) is 36.7 Å². The molecular weight excluding hydrogens is 469 g/mol. The SMILES string of the molecule is COc1cccc([C@@]23CCCC(OC)C2CN(C)[C@H](NC(=O)C(=Cc2ccccc2)C(F)(F)F)C3)c1. The average Bonchev–Trinajstić information content (AvgIpc) is 2.87. The highest BCUT2D eigenvalue weighted by Crippen LogP contribution is 2.51. The third-order valence-electron chi connectivity index (χ3n) is 7.75. The number of halogens is 3. The summed E-state index contributed by atoms with van der Waals surface area (Å²) in [7, 11) is 5.17. The molecule has 2 aromatic rings. The van der Waals surface area contributed by atoms with Crippen molar-refractivity contribution in [1.82, 2.24) is 10.2 Å². The van der Waals surface area contributed by atoms with Crippen LogP contribution in [-0.4, -0.2) is 57.1 Å². The molecular formula is C28H33F3N2O3. The average molecular weight is 503 g/mol. The number of benzene rings is 2. The van der Waals surface area contributed by atoms with Gasteiger partial charge in [-0.3, -0.25) is 9.69 Å². The Labute approximate surface area is 210 Å². The number of hydrogen-bond acceptors (Lipinski definition) is 4. The minimum absolute atomic E-state index is 0.0211. The summed E-state index contributed by atoms with van der Waals surface area (Å²) in [5, 5.41) is 2.71. The second-order valence-electron chi connectivity index (χ2n) is 9.76. The number of rotatable bonds is 6. The molecule has 1 aliphatic heterocycles. The Bertz CT molecular complexity index is 1090. The van der Waals surface area contributed by atoms with Crippen LogP contribution in [-0.2, 0) is 14.9 Å². The molecule has 2 aromatic carbocycles. The minimum atomic E-state index is -4.79. The smallest absolute Gasteiger partial charge is 0.421 e. The molecule has 0 spiro atoms. The first-order valence-electron chi connectivity index (χ1n) is 12.2. The van der Waals surface area contributed by atoms with Crippen molar-refractivity contribution in [2.45, 2.75) is 49.5 Å². The fraction of sp³-hybridized carbons (Fsp3) is 0.464. The number of hydrogen-bond donors (Lipinski definition) is 1. The van der Waals surface area contributed by atoms with E-state index in [1.54, 1.807) is 44.6 Å². The van der Waals surface area contributed by atoms with Crippen molar-refractivity contribution in [3.05, 3.63) is 71.3 Å². The van der Waals surface area contributed by atoms with Crippen LogP contribution in [0, 0.1) is 5.92 Å². The quantitative estimate of drug-likeness (QED) is 0.554. The Kier molecular flexibility index (Phi) is 7.76. The minimum Gasteiger partial charge on any atom is -0.497 e. The predicted molar refractivity (Wildman–Crippen MR) is 132 cm³/mol. The molecule has 4 atom stereocenters. The van der Waals surface area contributed by atoms with Crippen LogP contribution < -0.4 is 10.1 Å². The van der Waals surface area contributed by atoms with Gasteiger partial charge in [0.25, 0.3) is 5.91 Å². The first kappa shape index (κ1) is 26.2. The first-order chi connectivity index (χ1) is 17.2. The highest BCUT2D eigenvalue weighted by atomic mass is 19.4. The van der Waals surface area contributed by atoms with Gasteiger partial charge in [0, 0.05) is 25.0 Å². The third-order valence-corrected chi connectivity index (χ3v) is 7.75. The standard InChI is InChI=1S/C28H33F3N2O3/c1-33-18-23-24(36-3)13-8-14-27(23,20-11-7-12-21(16-20)35-2)17-25(33)32-26(34)22(28(29,30)31)15-19-9-5-4-6-10-19/h4-7,9-12,15-16,23-25H,8,13-14,17-18H2,1-3H3,(H,32,34)/t23?,24?,25-,27-/m0/s1. The van der Waals surface area contributed by atoms with Crippen LogP contribution in [0.2, 0.25) is 0 Å². The van der Waals surface area contributed by atoms with E-state index < -0.39 is 23.8 Å². The molecule has 0 radical (unpaired) electrons. The van der Waals surface area contributed by atoms with Crippen LogP contribution in [0.25, 0.3) is 6.08 Å². The van der Waals surface area contributed by atoms with Crippen LogP contribution in [0.3, 0.4) is 0 Å². The molecule has 2 unspecified atom stereocenters. The van der Waals surface area contributed by atoms with E-state index >= 15 is 0 Å². The summed E-state index contributed by atoms with van der Waals surface area (Å²) >= 11 is 0. The maximum absolute atomic E-state index is 13.9. The molecule has 36 heavy (non-hydrogen) atoms. The molecule has 2 fully saturated rings. The second kappa shape index (κ2) is 10.6. The number of alkyl halides is 3. The zero-order chi connectivity index (χ0) is 25.9. The van der Waals surface area contributed by atoms with Crippen LogP contribution in [0.5, 0.6) is 5.75 Å². The number of piperidine rings is 1. The third kappa shape index (κ3) is 5.30. The fourth-order valence-corrected chi connectivity index (χ4v) is 5.92. The predicted octanol–water partition coefficient (Wildman–Crippen LogP) is 5.17. The van der Waals surface area contributed by atoms with E-state index in [1.165, 1.54) is 0 Å². The number of nitrogens with zero attached hydrogens (tertiary/aromatic N) is 1. The number of likely N-dealkylation sites (tertiary alicyclic amines) is 1. The van der Waals surface area contributed by atoms with Crippen molar-refractivity contribution in [3.8, 4) is 5.75 Å². The molecule has 1 heterocycles. The lowest BCUT2D eigenvalue weighted by Crippen LogP contribution is -2.63. The highest BCUT2D eigenvalue weighted by Gasteiger charge is 2.53. The fourth-order valence-electron chi connectivity index (χ4n) is 5.92. The Morgan fingerprint density at radius 1 is 1.14 bits per heavy atom. The van der Waals surface area contributed by atoms with Crippen molar-refractivity contribution in [2.24, 2.45) is 5.92 Å². The zero-order valence-corrected chi connectivity index (χ0v) is 20.8.